The van der Waals surface area contributed by atoms with Crippen LogP contribution in [0.4, 0.5) is 11.4 Å². The first-order valence-electron chi connectivity index (χ1n) is 20.5. The molecule has 2 aromatic heterocycles. The van der Waals surface area contributed by atoms with Gasteiger partial charge in [-0.05, 0) is 72.7 Å². The van der Waals surface area contributed by atoms with Crippen molar-refractivity contribution in [2.45, 2.75) is 37.6 Å². The minimum absolute atomic E-state index is 0.218. The van der Waals surface area contributed by atoms with Gasteiger partial charge in [0.1, 0.15) is 0 Å². The van der Waals surface area contributed by atoms with Crippen molar-refractivity contribution in [1.82, 2.24) is 9.13 Å². The van der Waals surface area contributed by atoms with Gasteiger partial charge in [0.05, 0.1) is 34.0 Å². The van der Waals surface area contributed by atoms with E-state index in [0.29, 0.717) is 5.92 Å². The van der Waals surface area contributed by atoms with Crippen molar-refractivity contribution in [3.63, 3.8) is 0 Å². The zero-order valence-electron chi connectivity index (χ0n) is 31.7. The lowest BCUT2D eigenvalue weighted by molar-refractivity contribution is 0.745. The molecule has 0 radical (unpaired) electrons. The van der Waals surface area contributed by atoms with Gasteiger partial charge in [-0.3, -0.25) is 0 Å². The zero-order valence-corrected chi connectivity index (χ0v) is 31.7. The van der Waals surface area contributed by atoms with Gasteiger partial charge >= 0.3 is 0 Å². The first kappa shape index (κ1) is 32.4. The summed E-state index contributed by atoms with van der Waals surface area (Å²) in [5.74, 6) is 0.319. The smallest absolute Gasteiger partial charge is 0.0776 e. The van der Waals surface area contributed by atoms with E-state index in [4.69, 9.17) is 0 Å². The third-order valence-corrected chi connectivity index (χ3v) is 12.7. The molecule has 6 aromatic carbocycles. The van der Waals surface area contributed by atoms with Crippen LogP contribution in [-0.4, -0.2) is 15.2 Å². The molecule has 3 nitrogen and oxygen atoms in total. The van der Waals surface area contributed by atoms with Gasteiger partial charge in [0.2, 0.25) is 0 Å². The monoisotopic (exact) mass is 731 g/mol. The van der Waals surface area contributed by atoms with Crippen LogP contribution < -0.4 is 4.90 Å². The van der Waals surface area contributed by atoms with Crippen LogP contribution in [0.3, 0.4) is 0 Å². The fraction of sp³-hybridized carbons (Fsp3) is 0.111. The number of anilines is 2. The molecule has 0 fully saturated rings. The number of rotatable bonds is 5. The molecule has 4 aliphatic rings. The average molecular weight is 732 g/mol. The molecule has 0 amide bonds. The van der Waals surface area contributed by atoms with Crippen LogP contribution >= 0.6 is 0 Å². The second-order valence-electron chi connectivity index (χ2n) is 15.8. The van der Waals surface area contributed by atoms with Gasteiger partial charge in [-0.1, -0.05) is 158 Å². The Morgan fingerprint density at radius 2 is 1.32 bits per heavy atom. The van der Waals surface area contributed by atoms with Crippen molar-refractivity contribution < 1.29 is 0 Å². The normalized spacial score (nSPS) is 18.0. The van der Waals surface area contributed by atoms with E-state index in [1.807, 2.05) is 0 Å². The molecule has 0 N–H and O–H groups in total. The van der Waals surface area contributed by atoms with E-state index >= 15 is 0 Å². The largest absolute Gasteiger partial charge is 0.332 e. The summed E-state index contributed by atoms with van der Waals surface area (Å²) in [6.07, 6.45) is 25.1. The summed E-state index contributed by atoms with van der Waals surface area (Å²) in [6, 6.07) is 50.1. The molecule has 57 heavy (non-hydrogen) atoms. The van der Waals surface area contributed by atoms with E-state index in [0.717, 1.165) is 25.7 Å². The predicted octanol–water partition coefficient (Wildman–Crippen LogP) is 13.8. The van der Waals surface area contributed by atoms with E-state index in [1.165, 1.54) is 94.5 Å². The Morgan fingerprint density at radius 1 is 0.544 bits per heavy atom. The molecule has 0 bridgehead atoms. The molecule has 3 heteroatoms. The molecule has 2 atom stereocenters. The molecule has 0 saturated heterocycles. The minimum atomic E-state index is 0.218. The molecule has 0 saturated carbocycles. The molecular weight excluding hydrogens is 691 g/mol. The predicted molar refractivity (Wildman–Crippen MR) is 240 cm³/mol. The first-order chi connectivity index (χ1) is 28.3. The van der Waals surface area contributed by atoms with Gasteiger partial charge in [0, 0.05) is 55.8 Å². The van der Waals surface area contributed by atoms with E-state index in [1.54, 1.807) is 0 Å². The molecule has 8 aromatic rings. The Hall–Kier alpha value is -6.84. The molecule has 0 spiro atoms. The summed E-state index contributed by atoms with van der Waals surface area (Å²) in [4.78, 5) is 2.61. The number of nitrogens with zero attached hydrogens (tertiary/aromatic N) is 3. The number of para-hydroxylation sites is 4. The highest BCUT2D eigenvalue weighted by Gasteiger charge is 2.38. The van der Waals surface area contributed by atoms with E-state index in [2.05, 4.69) is 202 Å². The topological polar surface area (TPSA) is 13.1 Å². The summed E-state index contributed by atoms with van der Waals surface area (Å²) < 4.78 is 5.17. The summed E-state index contributed by atoms with van der Waals surface area (Å²) in [7, 11) is 0. The fourth-order valence-corrected chi connectivity index (χ4v) is 10.3. The van der Waals surface area contributed by atoms with Crippen LogP contribution in [0, 0.1) is 0 Å². The number of hydrogen-bond acceptors (Lipinski definition) is 1. The third-order valence-electron chi connectivity index (χ3n) is 12.7. The number of aromatic nitrogens is 2. The molecule has 2 unspecified atom stereocenters. The average Bonchev–Trinajstić information content (AvgIpc) is 3.92. The highest BCUT2D eigenvalue weighted by atomic mass is 15.2. The van der Waals surface area contributed by atoms with Gasteiger partial charge in [-0.15, -0.1) is 0 Å². The van der Waals surface area contributed by atoms with Crippen LogP contribution in [0.15, 0.2) is 182 Å². The number of fused-ring (bicyclic) bond motifs is 9. The second-order valence-corrected chi connectivity index (χ2v) is 15.8. The fourth-order valence-electron chi connectivity index (χ4n) is 10.3. The molecule has 1 aliphatic heterocycles. The Bertz CT molecular complexity index is 3090. The lowest BCUT2D eigenvalue weighted by Gasteiger charge is -2.30. The summed E-state index contributed by atoms with van der Waals surface area (Å²) in [5.41, 5.74) is 17.8. The number of hydrogen-bond donors (Lipinski definition) is 0. The first-order valence-corrected chi connectivity index (χ1v) is 20.5. The van der Waals surface area contributed by atoms with Crippen LogP contribution in [0.2, 0.25) is 0 Å². The van der Waals surface area contributed by atoms with Crippen LogP contribution in [0.25, 0.3) is 66.9 Å². The Balaban J connectivity index is 1.16. The van der Waals surface area contributed by atoms with Crippen molar-refractivity contribution in [3.8, 4) is 22.5 Å². The quantitative estimate of drug-likeness (QED) is 0.172. The van der Waals surface area contributed by atoms with Crippen molar-refractivity contribution in [2.75, 3.05) is 4.90 Å². The number of benzene rings is 6. The second kappa shape index (κ2) is 12.9. The molecule has 12 rings (SSSR count). The maximum absolute atomic E-state index is 2.61. The van der Waals surface area contributed by atoms with Crippen molar-refractivity contribution in [3.05, 3.63) is 204 Å². The lowest BCUT2D eigenvalue weighted by Crippen LogP contribution is -2.29. The highest BCUT2D eigenvalue weighted by molar-refractivity contribution is 6.11. The van der Waals surface area contributed by atoms with E-state index in [9.17, 15) is 0 Å². The summed E-state index contributed by atoms with van der Waals surface area (Å²) >= 11 is 0. The summed E-state index contributed by atoms with van der Waals surface area (Å²) in [6.45, 7) is 0. The van der Waals surface area contributed by atoms with E-state index in [-0.39, 0.29) is 6.04 Å². The molecule has 3 aliphatic carbocycles. The van der Waals surface area contributed by atoms with Gasteiger partial charge in [-0.25, -0.2) is 0 Å². The third kappa shape index (κ3) is 4.85. The van der Waals surface area contributed by atoms with Gasteiger partial charge in [0.25, 0.3) is 0 Å². The SMILES string of the molecule is C1=CC2c3ccccc3N(c3cccc4c5c(n(-c6ccc7c8ccccc8n(-c8c(C9=CCCC=C9)cccc8-c8ccccc8)c7c6)c34)CCC=C5)C2C=C1. The zero-order chi connectivity index (χ0) is 37.5. The highest BCUT2D eigenvalue weighted by Crippen LogP contribution is 2.51. The van der Waals surface area contributed by atoms with Gasteiger partial charge < -0.3 is 14.0 Å². The maximum Gasteiger partial charge on any atom is 0.0776 e. The van der Waals surface area contributed by atoms with Crippen molar-refractivity contribution >= 4 is 55.7 Å². The summed E-state index contributed by atoms with van der Waals surface area (Å²) in [5, 5.41) is 3.83. The molecule has 3 heterocycles. The molecular formula is C54H41N3. The van der Waals surface area contributed by atoms with Crippen LogP contribution in [0.1, 0.15) is 47.6 Å². The van der Waals surface area contributed by atoms with Gasteiger partial charge in [0.15, 0.2) is 0 Å². The Morgan fingerprint density at radius 3 is 2.25 bits per heavy atom. The van der Waals surface area contributed by atoms with Crippen LogP contribution in [0.5, 0.6) is 0 Å². The minimum Gasteiger partial charge on any atom is -0.332 e. The van der Waals surface area contributed by atoms with Crippen molar-refractivity contribution in [2.24, 2.45) is 0 Å². The molecule has 272 valence electrons. The van der Waals surface area contributed by atoms with Crippen LogP contribution in [-0.2, 0) is 6.42 Å². The lowest BCUT2D eigenvalue weighted by atomic mass is 9.91. The van der Waals surface area contributed by atoms with Crippen molar-refractivity contribution in [1.29, 1.82) is 0 Å². The number of allylic oxidation sites excluding steroid dienone is 7. The Kier molecular flexibility index (Phi) is 7.31. The standard InChI is InChI=1S/C54H41N3/c1-3-17-36(18-4-1)39-25-15-26-40(37-19-5-2-6-20-37)53(39)57-50-31-14-9-23-43(50)45-34-33-38(35-52(45)57)55-47-28-11-10-24-44(47)46-27-16-32-51(54(46)55)56-48-29-12-7-21-41(48)42-22-8-13-30-49(42)56/h1,3-5,7-10,12-27,29-35,41,48H,2,6,11,28H2. The maximum atomic E-state index is 2.61. The Labute approximate surface area is 333 Å². The van der Waals surface area contributed by atoms with E-state index < -0.39 is 0 Å². The van der Waals surface area contributed by atoms with Gasteiger partial charge in [-0.2, -0.15) is 0 Å².